The summed E-state index contributed by atoms with van der Waals surface area (Å²) in [4.78, 5) is 25.8. The first kappa shape index (κ1) is 15.0. The van der Waals surface area contributed by atoms with Crippen molar-refractivity contribution in [3.63, 3.8) is 0 Å². The minimum atomic E-state index is -0.642. The van der Waals surface area contributed by atoms with E-state index in [4.69, 9.17) is 9.26 Å². The van der Waals surface area contributed by atoms with Gasteiger partial charge in [-0.2, -0.15) is 0 Å². The summed E-state index contributed by atoms with van der Waals surface area (Å²) in [5, 5.41) is 3.78. The fourth-order valence-electron chi connectivity index (χ4n) is 2.29. The number of amides is 1. The Morgan fingerprint density at radius 2 is 2.09 bits per heavy atom. The molecule has 1 saturated heterocycles. The monoisotopic (exact) mass is 367 g/mol. The summed E-state index contributed by atoms with van der Waals surface area (Å²) in [6.07, 6.45) is 0. The summed E-state index contributed by atoms with van der Waals surface area (Å²) >= 11 is 3.37. The van der Waals surface area contributed by atoms with E-state index in [0.29, 0.717) is 37.7 Å². The standard InChI is InChI=1S/C14H14BrN3O4/c15-11-3-1-2-10(8-11)13-16-22-14(20)18(13)9-12(19)17-4-6-21-7-5-17/h1-3,8H,4-7,9H2. The van der Waals surface area contributed by atoms with Crippen LogP contribution in [0.4, 0.5) is 0 Å². The molecule has 7 nitrogen and oxygen atoms in total. The highest BCUT2D eigenvalue weighted by Gasteiger charge is 2.21. The van der Waals surface area contributed by atoms with Crippen LogP contribution >= 0.6 is 15.9 Å². The first-order chi connectivity index (χ1) is 10.6. The lowest BCUT2D eigenvalue weighted by Crippen LogP contribution is -2.43. The molecule has 22 heavy (non-hydrogen) atoms. The Kier molecular flexibility index (Phi) is 4.39. The van der Waals surface area contributed by atoms with Gasteiger partial charge < -0.3 is 9.64 Å². The fourth-order valence-corrected chi connectivity index (χ4v) is 2.69. The Hall–Kier alpha value is -1.93. The van der Waals surface area contributed by atoms with E-state index in [-0.39, 0.29) is 12.5 Å². The van der Waals surface area contributed by atoms with Crippen LogP contribution in [0.2, 0.25) is 0 Å². The summed E-state index contributed by atoms with van der Waals surface area (Å²) < 4.78 is 12.0. The van der Waals surface area contributed by atoms with Crippen LogP contribution in [0.1, 0.15) is 0 Å². The number of morpholine rings is 1. The van der Waals surface area contributed by atoms with Gasteiger partial charge >= 0.3 is 5.76 Å². The molecule has 0 radical (unpaired) electrons. The number of carbonyl (C=O) groups excluding carboxylic acids is 1. The quantitative estimate of drug-likeness (QED) is 0.812. The first-order valence-electron chi connectivity index (χ1n) is 6.83. The van der Waals surface area contributed by atoms with Crippen molar-refractivity contribution in [3.05, 3.63) is 39.3 Å². The highest BCUT2D eigenvalue weighted by atomic mass is 79.9. The maximum atomic E-state index is 12.3. The fraction of sp³-hybridized carbons (Fsp3) is 0.357. The van der Waals surface area contributed by atoms with E-state index in [1.54, 1.807) is 11.0 Å². The molecule has 8 heteroatoms. The zero-order chi connectivity index (χ0) is 15.5. The van der Waals surface area contributed by atoms with Crippen molar-refractivity contribution in [2.45, 2.75) is 6.54 Å². The third-order valence-corrected chi connectivity index (χ3v) is 3.92. The number of nitrogens with zero attached hydrogens (tertiary/aromatic N) is 3. The molecular formula is C14H14BrN3O4. The van der Waals surface area contributed by atoms with Gasteiger partial charge in [0.05, 0.1) is 13.2 Å². The topological polar surface area (TPSA) is 77.6 Å². The van der Waals surface area contributed by atoms with Gasteiger partial charge in [0.25, 0.3) is 0 Å². The molecule has 0 spiro atoms. The molecule has 1 aliphatic rings. The van der Waals surface area contributed by atoms with Gasteiger partial charge in [-0.15, -0.1) is 0 Å². The number of benzene rings is 1. The molecule has 2 heterocycles. The minimum Gasteiger partial charge on any atom is -0.378 e. The van der Waals surface area contributed by atoms with Gasteiger partial charge in [-0.05, 0) is 12.1 Å². The molecule has 0 unspecified atom stereocenters. The maximum absolute atomic E-state index is 12.3. The number of ether oxygens (including phenoxy) is 1. The second-order valence-corrected chi connectivity index (χ2v) is 5.78. The smallest absolute Gasteiger partial charge is 0.378 e. The molecule has 3 rings (SSSR count). The average molecular weight is 368 g/mol. The van der Waals surface area contributed by atoms with E-state index >= 15 is 0 Å². The Morgan fingerprint density at radius 3 is 2.82 bits per heavy atom. The van der Waals surface area contributed by atoms with E-state index < -0.39 is 5.76 Å². The van der Waals surface area contributed by atoms with Gasteiger partial charge in [0.15, 0.2) is 5.82 Å². The minimum absolute atomic E-state index is 0.0931. The molecule has 0 N–H and O–H groups in total. The number of rotatable bonds is 3. The third kappa shape index (κ3) is 3.12. The van der Waals surface area contributed by atoms with Crippen LogP contribution in [0.25, 0.3) is 11.4 Å². The van der Waals surface area contributed by atoms with Gasteiger partial charge in [-0.3, -0.25) is 9.32 Å². The van der Waals surface area contributed by atoms with E-state index in [2.05, 4.69) is 21.1 Å². The SMILES string of the molecule is O=C(Cn1c(-c2cccc(Br)c2)noc1=O)N1CCOCC1. The summed E-state index contributed by atoms with van der Waals surface area (Å²) in [5.41, 5.74) is 0.704. The van der Waals surface area contributed by atoms with E-state index in [1.165, 1.54) is 4.57 Å². The van der Waals surface area contributed by atoms with Gasteiger partial charge in [-0.1, -0.05) is 33.2 Å². The summed E-state index contributed by atoms with van der Waals surface area (Å²) in [6.45, 7) is 2.01. The van der Waals surface area contributed by atoms with Crippen molar-refractivity contribution in [1.29, 1.82) is 0 Å². The number of aromatic nitrogens is 2. The molecule has 0 bridgehead atoms. The van der Waals surface area contributed by atoms with Crippen LogP contribution in [-0.2, 0) is 16.1 Å². The molecule has 1 amide bonds. The van der Waals surface area contributed by atoms with Crippen molar-refractivity contribution < 1.29 is 14.1 Å². The Bertz CT molecular complexity index is 734. The number of hydrogen-bond donors (Lipinski definition) is 0. The second-order valence-electron chi connectivity index (χ2n) is 4.86. The Morgan fingerprint density at radius 1 is 1.32 bits per heavy atom. The summed E-state index contributed by atoms with van der Waals surface area (Å²) in [5.74, 6) is -0.450. The number of hydrogen-bond acceptors (Lipinski definition) is 5. The van der Waals surface area contributed by atoms with Crippen molar-refractivity contribution in [1.82, 2.24) is 14.6 Å². The molecule has 116 valence electrons. The first-order valence-corrected chi connectivity index (χ1v) is 7.62. The zero-order valence-electron chi connectivity index (χ0n) is 11.7. The molecule has 1 fully saturated rings. The van der Waals surface area contributed by atoms with Gasteiger partial charge in [0.2, 0.25) is 5.91 Å². The Balaban J connectivity index is 1.86. The molecule has 1 aromatic heterocycles. The van der Waals surface area contributed by atoms with Gasteiger partial charge in [-0.25, -0.2) is 9.36 Å². The summed E-state index contributed by atoms with van der Waals surface area (Å²) in [6, 6.07) is 7.31. The van der Waals surface area contributed by atoms with Crippen LogP contribution in [0, 0.1) is 0 Å². The van der Waals surface area contributed by atoms with Crippen LogP contribution in [-0.4, -0.2) is 46.8 Å². The predicted octanol–water partition coefficient (Wildman–Crippen LogP) is 1.12. The third-order valence-electron chi connectivity index (χ3n) is 3.43. The number of carbonyl (C=O) groups is 1. The number of halogens is 1. The predicted molar refractivity (Wildman–Crippen MR) is 81.3 cm³/mol. The lowest BCUT2D eigenvalue weighted by Gasteiger charge is -2.26. The zero-order valence-corrected chi connectivity index (χ0v) is 13.3. The van der Waals surface area contributed by atoms with Gasteiger partial charge in [0.1, 0.15) is 6.54 Å². The van der Waals surface area contributed by atoms with Crippen molar-refractivity contribution in [2.24, 2.45) is 0 Å². The largest absolute Gasteiger partial charge is 0.442 e. The van der Waals surface area contributed by atoms with Crippen LogP contribution in [0.3, 0.4) is 0 Å². The molecule has 1 aromatic carbocycles. The van der Waals surface area contributed by atoms with Crippen molar-refractivity contribution in [3.8, 4) is 11.4 Å². The lowest BCUT2D eigenvalue weighted by atomic mass is 10.2. The van der Waals surface area contributed by atoms with Crippen molar-refractivity contribution >= 4 is 21.8 Å². The molecular weight excluding hydrogens is 354 g/mol. The van der Waals surface area contributed by atoms with Crippen LogP contribution in [0.5, 0.6) is 0 Å². The van der Waals surface area contributed by atoms with Crippen LogP contribution in [0.15, 0.2) is 38.1 Å². The normalized spacial score (nSPS) is 15.0. The van der Waals surface area contributed by atoms with E-state index in [9.17, 15) is 9.59 Å². The maximum Gasteiger partial charge on any atom is 0.442 e. The molecule has 0 aliphatic carbocycles. The molecule has 0 atom stereocenters. The van der Waals surface area contributed by atoms with Gasteiger partial charge in [0, 0.05) is 23.1 Å². The van der Waals surface area contributed by atoms with E-state index in [1.807, 2.05) is 18.2 Å². The summed E-state index contributed by atoms with van der Waals surface area (Å²) in [7, 11) is 0. The highest BCUT2D eigenvalue weighted by molar-refractivity contribution is 9.10. The molecule has 1 aliphatic heterocycles. The van der Waals surface area contributed by atoms with Crippen LogP contribution < -0.4 is 5.76 Å². The highest BCUT2D eigenvalue weighted by Crippen LogP contribution is 2.20. The second kappa shape index (κ2) is 6.45. The average Bonchev–Trinajstić information content (AvgIpc) is 2.89. The lowest BCUT2D eigenvalue weighted by molar-refractivity contribution is -0.135. The molecule has 2 aromatic rings. The molecule has 0 saturated carbocycles. The van der Waals surface area contributed by atoms with Crippen molar-refractivity contribution in [2.75, 3.05) is 26.3 Å². The van der Waals surface area contributed by atoms with E-state index in [0.717, 1.165) is 4.47 Å². The Labute approximate surface area is 134 Å².